The van der Waals surface area contributed by atoms with Crippen LogP contribution >= 0.6 is 0 Å². The van der Waals surface area contributed by atoms with E-state index in [0.717, 1.165) is 44.4 Å². The Balaban J connectivity index is 1.34. The van der Waals surface area contributed by atoms with E-state index >= 15 is 0 Å². The van der Waals surface area contributed by atoms with Crippen LogP contribution in [0.4, 0.5) is 0 Å². The molecule has 3 N–H and O–H groups in total. The van der Waals surface area contributed by atoms with Gasteiger partial charge in [0.25, 0.3) is 5.91 Å². The minimum atomic E-state index is -0.868. The van der Waals surface area contributed by atoms with Crippen molar-refractivity contribution in [3.63, 3.8) is 0 Å². The number of H-pyrrole nitrogens is 1. The highest BCUT2D eigenvalue weighted by atomic mass is 16.3. The number of hydrogen-bond acceptors (Lipinski definition) is 5. The van der Waals surface area contributed by atoms with Crippen LogP contribution in [0.3, 0.4) is 0 Å². The number of imidazole rings is 1. The Kier molecular flexibility index (Phi) is 8.20. The van der Waals surface area contributed by atoms with Gasteiger partial charge >= 0.3 is 0 Å². The minimum Gasteiger partial charge on any atom is -0.394 e. The molecule has 1 atom stereocenters. The summed E-state index contributed by atoms with van der Waals surface area (Å²) in [6.07, 6.45) is 4.03. The van der Waals surface area contributed by atoms with E-state index in [2.05, 4.69) is 92.8 Å². The lowest BCUT2D eigenvalue weighted by Crippen LogP contribution is -2.39. The van der Waals surface area contributed by atoms with Crippen molar-refractivity contribution in [1.29, 1.82) is 0 Å². The van der Waals surface area contributed by atoms with Gasteiger partial charge in [0.2, 0.25) is 0 Å². The Morgan fingerprint density at radius 3 is 1.88 bits per heavy atom. The third kappa shape index (κ3) is 5.51. The molecule has 8 heteroatoms. The summed E-state index contributed by atoms with van der Waals surface area (Å²) in [7, 11) is 0. The van der Waals surface area contributed by atoms with Crippen molar-refractivity contribution >= 4 is 27.8 Å². The van der Waals surface area contributed by atoms with E-state index in [1.807, 2.05) is 72.8 Å². The fourth-order valence-corrected chi connectivity index (χ4v) is 6.92. The summed E-state index contributed by atoms with van der Waals surface area (Å²) < 4.78 is 2.11. The largest absolute Gasteiger partial charge is 0.394 e. The average Bonchev–Trinajstić information content (AvgIpc) is 3.78. The lowest BCUT2D eigenvalue weighted by molar-refractivity contribution is 0.0907. The third-order valence-corrected chi connectivity index (χ3v) is 9.22. The number of aliphatic hydroxyl groups excluding tert-OH is 1. The second kappa shape index (κ2) is 13.3. The molecular weight excluding hydrogens is 621 g/mol. The summed E-state index contributed by atoms with van der Waals surface area (Å²) in [5.41, 5.74) is 7.14. The fourth-order valence-electron chi connectivity index (χ4n) is 6.92. The van der Waals surface area contributed by atoms with Gasteiger partial charge in [-0.05, 0) is 52.9 Å². The van der Waals surface area contributed by atoms with Gasteiger partial charge in [0.15, 0.2) is 5.82 Å². The minimum absolute atomic E-state index is 0.171. The van der Waals surface area contributed by atoms with Crippen LogP contribution in [-0.4, -0.2) is 48.4 Å². The Bertz CT molecular complexity index is 2280. The number of hydrogen-bond donors (Lipinski definition) is 3. The van der Waals surface area contributed by atoms with Gasteiger partial charge in [-0.2, -0.15) is 5.10 Å². The van der Waals surface area contributed by atoms with Gasteiger partial charge < -0.3 is 15.4 Å². The first-order chi connectivity index (χ1) is 24.6. The number of fused-ring (bicyclic) bond motifs is 2. The molecule has 0 unspecified atom stereocenters. The third-order valence-electron chi connectivity index (χ3n) is 9.22. The molecule has 0 fully saturated rings. The predicted molar refractivity (Wildman–Crippen MR) is 196 cm³/mol. The SMILES string of the molecule is O=C(N[C@H](CO)Cc1ccccc1)c1nc2cc3c(-c4ccncc4)nn(C(c4ccccc4)(c4ccccc4)c4ccccc4)c3cc2[nH]1. The molecule has 8 aromatic rings. The molecule has 0 saturated carbocycles. The zero-order valence-electron chi connectivity index (χ0n) is 27.1. The molecule has 3 heterocycles. The number of rotatable bonds is 10. The predicted octanol–water partition coefficient (Wildman–Crippen LogP) is 7.15. The number of nitrogens with zero attached hydrogens (tertiary/aromatic N) is 4. The average molecular weight is 655 g/mol. The maximum absolute atomic E-state index is 13.5. The number of benzene rings is 5. The van der Waals surface area contributed by atoms with Gasteiger partial charge in [-0.3, -0.25) is 9.78 Å². The summed E-state index contributed by atoms with van der Waals surface area (Å²) in [6.45, 7) is -0.198. The highest BCUT2D eigenvalue weighted by Crippen LogP contribution is 2.44. The van der Waals surface area contributed by atoms with E-state index in [-0.39, 0.29) is 18.3 Å². The number of nitrogens with one attached hydrogen (secondary N) is 2. The number of pyridine rings is 1. The zero-order chi connectivity index (χ0) is 33.9. The molecule has 0 radical (unpaired) electrons. The molecule has 5 aromatic carbocycles. The van der Waals surface area contributed by atoms with Crippen LogP contribution in [0.5, 0.6) is 0 Å². The van der Waals surface area contributed by atoms with Crippen LogP contribution in [0.25, 0.3) is 33.2 Å². The van der Waals surface area contributed by atoms with Crippen molar-refractivity contribution in [2.24, 2.45) is 0 Å². The summed E-state index contributed by atoms with van der Waals surface area (Å²) >= 11 is 0. The van der Waals surface area contributed by atoms with Crippen molar-refractivity contribution in [1.82, 2.24) is 30.0 Å². The van der Waals surface area contributed by atoms with E-state index in [1.165, 1.54) is 0 Å². The molecule has 0 spiro atoms. The second-order valence-electron chi connectivity index (χ2n) is 12.3. The summed E-state index contributed by atoms with van der Waals surface area (Å²) in [4.78, 5) is 25.8. The highest BCUT2D eigenvalue weighted by molar-refractivity contribution is 6.03. The highest BCUT2D eigenvalue weighted by Gasteiger charge is 2.41. The van der Waals surface area contributed by atoms with E-state index in [1.54, 1.807) is 12.4 Å². The van der Waals surface area contributed by atoms with Crippen LogP contribution in [0, 0.1) is 0 Å². The summed E-state index contributed by atoms with van der Waals surface area (Å²) in [6, 6.07) is 48.5. The molecule has 0 aliphatic rings. The van der Waals surface area contributed by atoms with Gasteiger partial charge in [0.05, 0.1) is 29.2 Å². The van der Waals surface area contributed by atoms with E-state index in [0.29, 0.717) is 17.5 Å². The lowest BCUT2D eigenvalue weighted by atomic mass is 9.77. The number of amides is 1. The Hall–Kier alpha value is -6.38. The zero-order valence-corrected chi connectivity index (χ0v) is 27.1. The fraction of sp³-hybridized carbons (Fsp3) is 0.0952. The quantitative estimate of drug-likeness (QED) is 0.136. The molecule has 0 aliphatic carbocycles. The number of carbonyl (C=O) groups is 1. The molecule has 0 aliphatic heterocycles. The van der Waals surface area contributed by atoms with Crippen LogP contribution in [0.15, 0.2) is 158 Å². The van der Waals surface area contributed by atoms with Gasteiger partial charge in [-0.25, -0.2) is 9.67 Å². The molecule has 244 valence electrons. The van der Waals surface area contributed by atoms with Crippen molar-refractivity contribution in [2.45, 2.75) is 18.0 Å². The van der Waals surface area contributed by atoms with Crippen LogP contribution in [0.2, 0.25) is 0 Å². The molecule has 8 nitrogen and oxygen atoms in total. The van der Waals surface area contributed by atoms with Gasteiger partial charge in [-0.15, -0.1) is 0 Å². The molecular formula is C42H34N6O2. The molecule has 3 aromatic heterocycles. The van der Waals surface area contributed by atoms with Crippen molar-refractivity contribution < 1.29 is 9.90 Å². The Morgan fingerprint density at radius 2 is 1.32 bits per heavy atom. The maximum atomic E-state index is 13.5. The Labute approximate surface area is 289 Å². The van der Waals surface area contributed by atoms with Gasteiger partial charge in [-0.1, -0.05) is 121 Å². The van der Waals surface area contributed by atoms with Crippen LogP contribution < -0.4 is 5.32 Å². The molecule has 0 saturated heterocycles. The molecule has 8 rings (SSSR count). The number of aliphatic hydroxyl groups is 1. The first-order valence-electron chi connectivity index (χ1n) is 16.6. The normalized spacial score (nSPS) is 12.3. The second-order valence-corrected chi connectivity index (χ2v) is 12.3. The topological polar surface area (TPSA) is 109 Å². The van der Waals surface area contributed by atoms with Crippen molar-refractivity contribution in [3.05, 3.63) is 186 Å². The number of aromatic nitrogens is 5. The van der Waals surface area contributed by atoms with Crippen molar-refractivity contribution in [3.8, 4) is 11.3 Å². The van der Waals surface area contributed by atoms with E-state index in [4.69, 9.17) is 10.1 Å². The standard InChI is InChI=1S/C42H34N6O2/c49-28-34(25-29-13-5-1-6-14-29)44-41(50)40-45-36-26-35-38(27-37(36)46-40)48(47-39(35)30-21-23-43-24-22-30)42(31-15-7-2-8-16-31,32-17-9-3-10-18-32)33-19-11-4-12-20-33/h1-24,26-27,34,49H,25,28H2,(H,44,50)(H,45,46)/t34-/m0/s1. The number of aromatic amines is 1. The smallest absolute Gasteiger partial charge is 0.287 e. The van der Waals surface area contributed by atoms with Crippen molar-refractivity contribution in [2.75, 3.05) is 6.61 Å². The molecule has 50 heavy (non-hydrogen) atoms. The van der Waals surface area contributed by atoms with Gasteiger partial charge in [0, 0.05) is 23.3 Å². The first kappa shape index (κ1) is 30.9. The van der Waals surface area contributed by atoms with E-state index < -0.39 is 11.6 Å². The lowest BCUT2D eigenvalue weighted by Gasteiger charge is -2.37. The van der Waals surface area contributed by atoms with Crippen LogP contribution in [-0.2, 0) is 12.0 Å². The maximum Gasteiger partial charge on any atom is 0.287 e. The Morgan fingerprint density at radius 1 is 0.760 bits per heavy atom. The van der Waals surface area contributed by atoms with Crippen LogP contribution in [0.1, 0.15) is 32.9 Å². The molecule has 0 bridgehead atoms. The van der Waals surface area contributed by atoms with Gasteiger partial charge in [0.1, 0.15) is 11.2 Å². The number of carbonyl (C=O) groups excluding carboxylic acids is 1. The van der Waals surface area contributed by atoms with E-state index in [9.17, 15) is 9.90 Å². The summed E-state index contributed by atoms with van der Waals surface area (Å²) in [5, 5.41) is 19.4. The molecule has 1 amide bonds. The monoisotopic (exact) mass is 654 g/mol. The summed E-state index contributed by atoms with van der Waals surface area (Å²) in [5.74, 6) is -0.215. The first-order valence-corrected chi connectivity index (χ1v) is 16.6.